The summed E-state index contributed by atoms with van der Waals surface area (Å²) in [6.07, 6.45) is 3.82. The Morgan fingerprint density at radius 3 is 2.73 bits per heavy atom. The lowest BCUT2D eigenvalue weighted by atomic mass is 9.91. The van der Waals surface area contributed by atoms with Crippen molar-refractivity contribution in [2.24, 2.45) is 0 Å². The van der Waals surface area contributed by atoms with Crippen LogP contribution in [0.25, 0.3) is 0 Å². The van der Waals surface area contributed by atoms with Gasteiger partial charge in [-0.15, -0.1) is 6.58 Å². The summed E-state index contributed by atoms with van der Waals surface area (Å²) in [4.78, 5) is 2.26. The second kappa shape index (κ2) is 3.37. The minimum atomic E-state index is -0.374. The maximum Gasteiger partial charge on any atom is 0.0897 e. The zero-order chi connectivity index (χ0) is 8.32. The average molecular weight is 155 g/mol. The van der Waals surface area contributed by atoms with Gasteiger partial charge in [0.15, 0.2) is 0 Å². The van der Waals surface area contributed by atoms with Crippen LogP contribution in [0.2, 0.25) is 0 Å². The molecule has 0 unspecified atom stereocenters. The summed E-state index contributed by atoms with van der Waals surface area (Å²) in [7, 11) is 0. The molecule has 0 aromatic rings. The molecule has 1 aliphatic heterocycles. The van der Waals surface area contributed by atoms with Gasteiger partial charge in [0.25, 0.3) is 0 Å². The van der Waals surface area contributed by atoms with Crippen LogP contribution in [0, 0.1) is 0 Å². The van der Waals surface area contributed by atoms with Crippen LogP contribution in [0.4, 0.5) is 0 Å². The minimum Gasteiger partial charge on any atom is -0.387 e. The van der Waals surface area contributed by atoms with Crippen LogP contribution in [0.1, 0.15) is 19.8 Å². The number of aliphatic hydroxyl groups is 1. The van der Waals surface area contributed by atoms with Crippen molar-refractivity contribution in [3.05, 3.63) is 12.7 Å². The molecule has 0 atom stereocenters. The Balaban J connectivity index is 2.13. The minimum absolute atomic E-state index is 0.374. The molecular formula is C9H17NO. The van der Waals surface area contributed by atoms with Crippen molar-refractivity contribution < 1.29 is 5.11 Å². The molecule has 11 heavy (non-hydrogen) atoms. The molecule has 0 bridgehead atoms. The summed E-state index contributed by atoms with van der Waals surface area (Å²) >= 11 is 0. The van der Waals surface area contributed by atoms with E-state index in [4.69, 9.17) is 0 Å². The number of hydrogen-bond acceptors (Lipinski definition) is 2. The van der Waals surface area contributed by atoms with Gasteiger partial charge >= 0.3 is 0 Å². The summed E-state index contributed by atoms with van der Waals surface area (Å²) in [6.45, 7) is 8.43. The van der Waals surface area contributed by atoms with Gasteiger partial charge in [0.1, 0.15) is 0 Å². The summed E-state index contributed by atoms with van der Waals surface area (Å²) in [5, 5.41) is 9.62. The molecular weight excluding hydrogens is 138 g/mol. The summed E-state index contributed by atoms with van der Waals surface area (Å²) in [5.74, 6) is 0. The average Bonchev–Trinajstić information content (AvgIpc) is 1.96. The molecule has 1 fully saturated rings. The highest BCUT2D eigenvalue weighted by molar-refractivity contribution is 4.94. The molecule has 0 amide bonds. The van der Waals surface area contributed by atoms with Crippen LogP contribution in [0.3, 0.4) is 0 Å². The third-order valence-electron chi connectivity index (χ3n) is 2.34. The maximum atomic E-state index is 9.62. The zero-order valence-corrected chi connectivity index (χ0v) is 7.21. The van der Waals surface area contributed by atoms with Crippen molar-refractivity contribution in [3.63, 3.8) is 0 Å². The molecule has 0 aromatic heterocycles. The predicted molar refractivity (Wildman–Crippen MR) is 46.5 cm³/mol. The molecule has 2 heteroatoms. The van der Waals surface area contributed by atoms with E-state index in [0.717, 1.165) is 32.5 Å². The Morgan fingerprint density at radius 2 is 2.27 bits per heavy atom. The van der Waals surface area contributed by atoms with E-state index < -0.39 is 0 Å². The molecule has 0 saturated carbocycles. The van der Waals surface area contributed by atoms with E-state index in [2.05, 4.69) is 11.5 Å². The molecule has 2 nitrogen and oxygen atoms in total. The fourth-order valence-corrected chi connectivity index (χ4v) is 1.44. The molecule has 0 spiro atoms. The normalized spacial score (nSPS) is 22.7. The fourth-order valence-electron chi connectivity index (χ4n) is 1.44. The lowest BCUT2D eigenvalue weighted by molar-refractivity contribution is -0.0983. The van der Waals surface area contributed by atoms with Crippen LogP contribution in [0.5, 0.6) is 0 Å². The van der Waals surface area contributed by atoms with Gasteiger partial charge in [-0.2, -0.15) is 0 Å². The van der Waals surface area contributed by atoms with Gasteiger partial charge in [-0.05, 0) is 12.8 Å². The van der Waals surface area contributed by atoms with E-state index in [0.29, 0.717) is 0 Å². The monoisotopic (exact) mass is 155 g/mol. The van der Waals surface area contributed by atoms with Gasteiger partial charge in [0, 0.05) is 19.6 Å². The van der Waals surface area contributed by atoms with Crippen molar-refractivity contribution in [3.8, 4) is 0 Å². The Labute approximate surface area is 68.5 Å². The lowest BCUT2D eigenvalue weighted by Gasteiger charge is -2.46. The number of rotatable bonds is 4. The lowest BCUT2D eigenvalue weighted by Crippen LogP contribution is -2.61. The van der Waals surface area contributed by atoms with Crippen molar-refractivity contribution in [2.75, 3.05) is 19.6 Å². The molecule has 1 heterocycles. The van der Waals surface area contributed by atoms with Gasteiger partial charge in [-0.25, -0.2) is 0 Å². The van der Waals surface area contributed by atoms with Gasteiger partial charge in [0.05, 0.1) is 5.60 Å². The van der Waals surface area contributed by atoms with Gasteiger partial charge in [-0.1, -0.05) is 13.0 Å². The molecule has 0 aliphatic carbocycles. The Kier molecular flexibility index (Phi) is 2.68. The Hall–Kier alpha value is -0.340. The first-order valence-corrected chi connectivity index (χ1v) is 4.26. The van der Waals surface area contributed by atoms with Crippen LogP contribution in [-0.4, -0.2) is 35.2 Å². The predicted octanol–water partition coefficient (Wildman–Crippen LogP) is 1.02. The molecule has 1 saturated heterocycles. The first kappa shape index (κ1) is 8.75. The molecule has 1 N–H and O–H groups in total. The SMILES string of the molecule is C=CCCN1CC(O)(CC)C1. The van der Waals surface area contributed by atoms with E-state index >= 15 is 0 Å². The zero-order valence-electron chi connectivity index (χ0n) is 7.21. The third-order valence-corrected chi connectivity index (χ3v) is 2.34. The second-order valence-corrected chi connectivity index (χ2v) is 3.37. The molecule has 64 valence electrons. The van der Waals surface area contributed by atoms with Crippen molar-refractivity contribution in [1.82, 2.24) is 4.90 Å². The highest BCUT2D eigenvalue weighted by Crippen LogP contribution is 2.23. The van der Waals surface area contributed by atoms with E-state index in [1.54, 1.807) is 0 Å². The number of β-amino-alcohol motifs (C(OH)–C–C–N with tert-alkyl or cyclic N) is 1. The number of likely N-dealkylation sites (tertiary alicyclic amines) is 1. The number of hydrogen-bond donors (Lipinski definition) is 1. The summed E-state index contributed by atoms with van der Waals surface area (Å²) in [6, 6.07) is 0. The van der Waals surface area contributed by atoms with Crippen LogP contribution in [-0.2, 0) is 0 Å². The smallest absolute Gasteiger partial charge is 0.0897 e. The largest absolute Gasteiger partial charge is 0.387 e. The molecule has 1 rings (SSSR count). The highest BCUT2D eigenvalue weighted by Gasteiger charge is 2.38. The topological polar surface area (TPSA) is 23.5 Å². The Bertz CT molecular complexity index is 138. The second-order valence-electron chi connectivity index (χ2n) is 3.37. The number of nitrogens with zero attached hydrogens (tertiary/aromatic N) is 1. The third kappa shape index (κ3) is 2.04. The van der Waals surface area contributed by atoms with E-state index in [1.807, 2.05) is 13.0 Å². The summed E-state index contributed by atoms with van der Waals surface area (Å²) < 4.78 is 0. The van der Waals surface area contributed by atoms with E-state index in [9.17, 15) is 5.11 Å². The highest BCUT2D eigenvalue weighted by atomic mass is 16.3. The van der Waals surface area contributed by atoms with E-state index in [-0.39, 0.29) is 5.60 Å². The van der Waals surface area contributed by atoms with E-state index in [1.165, 1.54) is 0 Å². The van der Waals surface area contributed by atoms with Crippen LogP contribution in [0.15, 0.2) is 12.7 Å². The summed E-state index contributed by atoms with van der Waals surface area (Å²) in [5.41, 5.74) is -0.374. The first-order chi connectivity index (χ1) is 5.20. The van der Waals surface area contributed by atoms with Crippen molar-refractivity contribution in [1.29, 1.82) is 0 Å². The van der Waals surface area contributed by atoms with Gasteiger partial charge in [-0.3, -0.25) is 4.90 Å². The van der Waals surface area contributed by atoms with Crippen LogP contribution >= 0.6 is 0 Å². The van der Waals surface area contributed by atoms with Crippen molar-refractivity contribution in [2.45, 2.75) is 25.4 Å². The quantitative estimate of drug-likeness (QED) is 0.613. The fraction of sp³-hybridized carbons (Fsp3) is 0.778. The van der Waals surface area contributed by atoms with Gasteiger partial charge in [0.2, 0.25) is 0 Å². The van der Waals surface area contributed by atoms with Crippen molar-refractivity contribution >= 4 is 0 Å². The maximum absolute atomic E-state index is 9.62. The molecule has 0 radical (unpaired) electrons. The first-order valence-electron chi connectivity index (χ1n) is 4.26. The van der Waals surface area contributed by atoms with Gasteiger partial charge < -0.3 is 5.11 Å². The van der Waals surface area contributed by atoms with Crippen LogP contribution < -0.4 is 0 Å². The molecule has 0 aromatic carbocycles. The Morgan fingerprint density at radius 1 is 1.64 bits per heavy atom. The standard InChI is InChI=1S/C9H17NO/c1-3-5-6-10-7-9(11,4-2)8-10/h3,11H,1,4-8H2,2H3. The molecule has 1 aliphatic rings.